The molecule has 92 valence electrons. The van der Waals surface area contributed by atoms with Gasteiger partial charge in [0.15, 0.2) is 0 Å². The molecule has 0 unspecified atom stereocenters. The van der Waals surface area contributed by atoms with Gasteiger partial charge >= 0.3 is 0 Å². The lowest BCUT2D eigenvalue weighted by atomic mass is 10.3. The molecule has 1 aromatic rings. The van der Waals surface area contributed by atoms with Crippen LogP contribution in [-0.2, 0) is 10.0 Å². The second-order valence-electron chi connectivity index (χ2n) is 3.95. The molecule has 0 spiro atoms. The summed E-state index contributed by atoms with van der Waals surface area (Å²) >= 11 is 3.23. The van der Waals surface area contributed by atoms with E-state index in [1.165, 1.54) is 6.07 Å². The number of nitrogens with one attached hydrogen (secondary N) is 1. The van der Waals surface area contributed by atoms with Crippen LogP contribution in [0.3, 0.4) is 0 Å². The van der Waals surface area contributed by atoms with Gasteiger partial charge in [0, 0.05) is 16.2 Å². The van der Waals surface area contributed by atoms with Crippen molar-refractivity contribution >= 4 is 31.6 Å². The number of anilines is 1. The number of nitrogen functional groups attached to an aromatic ring is 1. The van der Waals surface area contributed by atoms with E-state index in [-0.39, 0.29) is 10.9 Å². The molecule has 1 aliphatic carbocycles. The summed E-state index contributed by atoms with van der Waals surface area (Å²) in [5.41, 5.74) is 6.04. The monoisotopic (exact) mass is 316 g/mol. The SMILES string of the molecule is Nc1ccc(Br)c(S(=O)(=O)NC2CC=CC2)c1. The second kappa shape index (κ2) is 4.80. The van der Waals surface area contributed by atoms with Crippen LogP contribution in [0, 0.1) is 0 Å². The second-order valence-corrected chi connectivity index (χ2v) is 6.49. The van der Waals surface area contributed by atoms with Crippen molar-refractivity contribution in [1.82, 2.24) is 4.72 Å². The number of benzene rings is 1. The highest BCUT2D eigenvalue weighted by Gasteiger charge is 2.22. The van der Waals surface area contributed by atoms with Crippen LogP contribution in [-0.4, -0.2) is 14.5 Å². The molecule has 6 heteroatoms. The zero-order chi connectivity index (χ0) is 12.5. The number of sulfonamides is 1. The molecule has 1 aromatic carbocycles. The fraction of sp³-hybridized carbons (Fsp3) is 0.273. The van der Waals surface area contributed by atoms with E-state index in [4.69, 9.17) is 5.73 Å². The molecule has 0 saturated heterocycles. The van der Waals surface area contributed by atoms with Crippen molar-refractivity contribution in [1.29, 1.82) is 0 Å². The Morgan fingerprint density at radius 2 is 1.94 bits per heavy atom. The van der Waals surface area contributed by atoms with Gasteiger partial charge in [0.25, 0.3) is 0 Å². The van der Waals surface area contributed by atoms with Crippen LogP contribution in [0.2, 0.25) is 0 Å². The Kier molecular flexibility index (Phi) is 3.56. The zero-order valence-corrected chi connectivity index (χ0v) is 11.5. The fourth-order valence-corrected chi connectivity index (χ4v) is 3.98. The van der Waals surface area contributed by atoms with Gasteiger partial charge in [-0.05, 0) is 47.0 Å². The van der Waals surface area contributed by atoms with Gasteiger partial charge in [-0.15, -0.1) is 0 Å². The first-order chi connectivity index (χ1) is 7.99. The lowest BCUT2D eigenvalue weighted by molar-refractivity contribution is 0.557. The minimum atomic E-state index is -3.51. The number of nitrogens with two attached hydrogens (primary N) is 1. The fourth-order valence-electron chi connectivity index (χ4n) is 1.72. The predicted octanol–water partition coefficient (Wildman–Crippen LogP) is 2.03. The van der Waals surface area contributed by atoms with Crippen molar-refractivity contribution in [3.8, 4) is 0 Å². The molecule has 4 nitrogen and oxygen atoms in total. The third-order valence-corrected chi connectivity index (χ3v) is 5.09. The summed E-state index contributed by atoms with van der Waals surface area (Å²) in [5.74, 6) is 0. The lowest BCUT2D eigenvalue weighted by Crippen LogP contribution is -2.33. The number of hydrogen-bond acceptors (Lipinski definition) is 3. The predicted molar refractivity (Wildman–Crippen MR) is 71.0 cm³/mol. The van der Waals surface area contributed by atoms with Crippen molar-refractivity contribution in [3.63, 3.8) is 0 Å². The molecule has 0 heterocycles. The van der Waals surface area contributed by atoms with Crippen LogP contribution in [0.1, 0.15) is 12.8 Å². The Balaban J connectivity index is 2.27. The minimum Gasteiger partial charge on any atom is -0.399 e. The molecule has 0 radical (unpaired) electrons. The van der Waals surface area contributed by atoms with E-state index in [1.54, 1.807) is 12.1 Å². The van der Waals surface area contributed by atoms with Crippen LogP contribution in [0.25, 0.3) is 0 Å². The first-order valence-corrected chi connectivity index (χ1v) is 7.49. The van der Waals surface area contributed by atoms with Gasteiger partial charge in [-0.1, -0.05) is 12.2 Å². The Morgan fingerprint density at radius 3 is 2.59 bits per heavy atom. The average Bonchev–Trinajstić information content (AvgIpc) is 2.73. The van der Waals surface area contributed by atoms with E-state index in [0.29, 0.717) is 10.2 Å². The van der Waals surface area contributed by atoms with Crippen molar-refractivity contribution in [2.24, 2.45) is 0 Å². The molecule has 0 atom stereocenters. The molecule has 3 N–H and O–H groups in total. The maximum absolute atomic E-state index is 12.1. The van der Waals surface area contributed by atoms with Crippen molar-refractivity contribution < 1.29 is 8.42 Å². The van der Waals surface area contributed by atoms with Crippen molar-refractivity contribution in [2.45, 2.75) is 23.8 Å². The largest absolute Gasteiger partial charge is 0.399 e. The van der Waals surface area contributed by atoms with E-state index in [1.807, 2.05) is 12.2 Å². The molecule has 0 bridgehead atoms. The van der Waals surface area contributed by atoms with Gasteiger partial charge in [0.05, 0.1) is 4.90 Å². The number of rotatable bonds is 3. The normalized spacial score (nSPS) is 16.5. The molecule has 0 aromatic heterocycles. The molecular formula is C11H13BrN2O2S. The maximum Gasteiger partial charge on any atom is 0.242 e. The van der Waals surface area contributed by atoms with E-state index >= 15 is 0 Å². The molecule has 0 saturated carbocycles. The molecular weight excluding hydrogens is 304 g/mol. The zero-order valence-electron chi connectivity index (χ0n) is 9.06. The van der Waals surface area contributed by atoms with Gasteiger partial charge in [0.2, 0.25) is 10.0 Å². The lowest BCUT2D eigenvalue weighted by Gasteiger charge is -2.14. The molecule has 0 amide bonds. The summed E-state index contributed by atoms with van der Waals surface area (Å²) in [5, 5.41) is 0. The van der Waals surface area contributed by atoms with Gasteiger partial charge < -0.3 is 5.73 Å². The summed E-state index contributed by atoms with van der Waals surface area (Å²) in [6, 6.07) is 4.69. The van der Waals surface area contributed by atoms with E-state index in [9.17, 15) is 8.42 Å². The highest BCUT2D eigenvalue weighted by Crippen LogP contribution is 2.25. The van der Waals surface area contributed by atoms with Crippen LogP contribution in [0.4, 0.5) is 5.69 Å². The molecule has 0 fully saturated rings. The van der Waals surface area contributed by atoms with Crippen LogP contribution >= 0.6 is 15.9 Å². The highest BCUT2D eigenvalue weighted by atomic mass is 79.9. The number of hydrogen-bond donors (Lipinski definition) is 2. The summed E-state index contributed by atoms with van der Waals surface area (Å²) in [4.78, 5) is 0.185. The minimum absolute atomic E-state index is 0.0478. The standard InChI is InChI=1S/C11H13BrN2O2S/c12-10-6-5-8(13)7-11(10)17(15,16)14-9-3-1-2-4-9/h1-2,5-7,9,14H,3-4,13H2. The highest BCUT2D eigenvalue weighted by molar-refractivity contribution is 9.10. The first kappa shape index (κ1) is 12.6. The third-order valence-electron chi connectivity index (χ3n) is 2.57. The van der Waals surface area contributed by atoms with Crippen LogP contribution in [0.5, 0.6) is 0 Å². The summed E-state index contributed by atoms with van der Waals surface area (Å²) in [6.07, 6.45) is 5.42. The van der Waals surface area contributed by atoms with Gasteiger partial charge in [-0.25, -0.2) is 13.1 Å². The maximum atomic E-state index is 12.1. The van der Waals surface area contributed by atoms with E-state index in [2.05, 4.69) is 20.7 Å². The Labute approximate surface area is 109 Å². The summed E-state index contributed by atoms with van der Waals surface area (Å²) < 4.78 is 27.5. The Hall–Kier alpha value is -0.850. The smallest absolute Gasteiger partial charge is 0.242 e. The molecule has 0 aliphatic heterocycles. The molecule has 2 rings (SSSR count). The van der Waals surface area contributed by atoms with E-state index < -0.39 is 10.0 Å². The van der Waals surface area contributed by atoms with Crippen LogP contribution in [0.15, 0.2) is 39.7 Å². The first-order valence-electron chi connectivity index (χ1n) is 5.21. The average molecular weight is 317 g/mol. The van der Waals surface area contributed by atoms with Gasteiger partial charge in [-0.2, -0.15) is 0 Å². The summed E-state index contributed by atoms with van der Waals surface area (Å²) in [6.45, 7) is 0. The van der Waals surface area contributed by atoms with Crippen molar-refractivity contribution in [3.05, 3.63) is 34.8 Å². The Morgan fingerprint density at radius 1 is 1.29 bits per heavy atom. The summed E-state index contributed by atoms with van der Waals surface area (Å²) in [7, 11) is -3.51. The number of halogens is 1. The topological polar surface area (TPSA) is 72.2 Å². The molecule has 17 heavy (non-hydrogen) atoms. The van der Waals surface area contributed by atoms with Crippen molar-refractivity contribution in [2.75, 3.05) is 5.73 Å². The van der Waals surface area contributed by atoms with Gasteiger partial charge in [0.1, 0.15) is 0 Å². The Bertz CT molecular complexity index is 547. The van der Waals surface area contributed by atoms with Crippen LogP contribution < -0.4 is 10.5 Å². The quantitative estimate of drug-likeness (QED) is 0.662. The molecule has 1 aliphatic rings. The van der Waals surface area contributed by atoms with E-state index in [0.717, 1.165) is 12.8 Å². The van der Waals surface area contributed by atoms with Gasteiger partial charge in [-0.3, -0.25) is 0 Å². The third kappa shape index (κ3) is 2.88.